The third-order valence-corrected chi connectivity index (χ3v) is 3.64. The number of rotatable bonds is 5. The van der Waals surface area contributed by atoms with Crippen LogP contribution in [0, 0.1) is 6.92 Å². The Morgan fingerprint density at radius 3 is 2.46 bits per heavy atom. The van der Waals surface area contributed by atoms with Crippen LogP contribution >= 0.6 is 0 Å². The van der Waals surface area contributed by atoms with Gasteiger partial charge in [0, 0.05) is 0 Å². The van der Waals surface area contributed by atoms with Gasteiger partial charge in [0.2, 0.25) is 0 Å². The summed E-state index contributed by atoms with van der Waals surface area (Å²) >= 11 is 0. The summed E-state index contributed by atoms with van der Waals surface area (Å²) in [5.74, 6) is 0. The maximum absolute atomic E-state index is 12.5. The van der Waals surface area contributed by atoms with Crippen LogP contribution in [0.5, 0.6) is 0 Å². The minimum absolute atomic E-state index is 0.217. The Hall–Kier alpha value is -3.21. The van der Waals surface area contributed by atoms with Crippen LogP contribution < -0.4 is 5.56 Å². The van der Waals surface area contributed by atoms with Gasteiger partial charge in [-0.25, -0.2) is 4.68 Å². The van der Waals surface area contributed by atoms with Crippen molar-refractivity contribution in [2.75, 3.05) is 0 Å². The maximum Gasteiger partial charge on any atom is 0.299 e. The number of aromatic amines is 1. The third kappa shape index (κ3) is 3.25. The smallest absolute Gasteiger partial charge is 0.293 e. The van der Waals surface area contributed by atoms with Crippen molar-refractivity contribution in [2.45, 2.75) is 13.3 Å². The Balaban J connectivity index is 1.89. The van der Waals surface area contributed by atoms with E-state index in [4.69, 9.17) is 0 Å². The lowest BCUT2D eigenvalue weighted by atomic mass is 10.1. The molecule has 0 amide bonds. The van der Waals surface area contributed by atoms with Gasteiger partial charge < -0.3 is 0 Å². The molecule has 0 unspecified atom stereocenters. The van der Waals surface area contributed by atoms with E-state index in [-0.39, 0.29) is 5.56 Å². The molecule has 0 saturated heterocycles. The van der Waals surface area contributed by atoms with Gasteiger partial charge in [-0.2, -0.15) is 5.11 Å². The number of benzene rings is 2. The van der Waals surface area contributed by atoms with E-state index in [0.717, 1.165) is 17.7 Å². The molecule has 0 spiro atoms. The van der Waals surface area contributed by atoms with Gasteiger partial charge in [0.1, 0.15) is 0 Å². The van der Waals surface area contributed by atoms with Crippen molar-refractivity contribution < 1.29 is 0 Å². The molecular weight excluding hydrogens is 300 g/mol. The third-order valence-electron chi connectivity index (χ3n) is 3.64. The molecule has 5 heteroatoms. The Morgan fingerprint density at radius 2 is 1.79 bits per heavy atom. The van der Waals surface area contributed by atoms with Crippen molar-refractivity contribution in [3.8, 4) is 5.69 Å². The van der Waals surface area contributed by atoms with Gasteiger partial charge in [-0.05, 0) is 43.2 Å². The van der Waals surface area contributed by atoms with Crippen LogP contribution in [0.4, 0.5) is 11.4 Å². The predicted molar refractivity (Wildman–Crippen MR) is 95.6 cm³/mol. The molecule has 0 fully saturated rings. The summed E-state index contributed by atoms with van der Waals surface area (Å²) in [5, 5.41) is 11.3. The first-order valence-electron chi connectivity index (χ1n) is 7.67. The van der Waals surface area contributed by atoms with Gasteiger partial charge in [-0.3, -0.25) is 9.89 Å². The molecule has 0 aliphatic carbocycles. The van der Waals surface area contributed by atoms with Crippen LogP contribution in [-0.4, -0.2) is 9.78 Å². The Labute approximate surface area is 140 Å². The molecule has 24 heavy (non-hydrogen) atoms. The number of hydrogen-bond donors (Lipinski definition) is 1. The van der Waals surface area contributed by atoms with E-state index in [9.17, 15) is 4.79 Å². The summed E-state index contributed by atoms with van der Waals surface area (Å²) in [4.78, 5) is 12.5. The lowest BCUT2D eigenvalue weighted by molar-refractivity contribution is 0.835. The number of hydrogen-bond acceptors (Lipinski definition) is 3. The number of nitrogens with one attached hydrogen (secondary N) is 1. The fraction of sp³-hybridized carbons (Fsp3) is 0.105. The summed E-state index contributed by atoms with van der Waals surface area (Å²) in [6.07, 6.45) is 2.67. The first-order valence-corrected chi connectivity index (χ1v) is 7.67. The molecule has 0 aliphatic heterocycles. The first-order chi connectivity index (χ1) is 11.7. The van der Waals surface area contributed by atoms with Crippen molar-refractivity contribution in [1.82, 2.24) is 9.78 Å². The Bertz CT molecular complexity index is 918. The van der Waals surface area contributed by atoms with Crippen LogP contribution in [0.15, 0.2) is 82.3 Å². The monoisotopic (exact) mass is 318 g/mol. The topological polar surface area (TPSA) is 62.5 Å². The molecule has 3 aromatic rings. The zero-order valence-electron chi connectivity index (χ0n) is 13.4. The number of aromatic nitrogens is 2. The second-order valence-corrected chi connectivity index (χ2v) is 5.42. The summed E-state index contributed by atoms with van der Waals surface area (Å²) in [5.41, 5.74) is 3.40. The minimum atomic E-state index is -0.217. The number of H-pyrrole nitrogens is 1. The van der Waals surface area contributed by atoms with Crippen LogP contribution in [0.25, 0.3) is 5.69 Å². The maximum atomic E-state index is 12.5. The van der Waals surface area contributed by atoms with Crippen molar-refractivity contribution in [3.63, 3.8) is 0 Å². The normalized spacial score (nSPS) is 11.0. The quantitative estimate of drug-likeness (QED) is 0.541. The molecule has 1 heterocycles. The SMILES string of the molecule is C=CCc1ccc(N=Nc2c(C)[nH]n(-c3ccccc3)c2=O)cc1. The highest BCUT2D eigenvalue weighted by molar-refractivity contribution is 5.44. The second kappa shape index (κ2) is 6.91. The van der Waals surface area contributed by atoms with E-state index < -0.39 is 0 Å². The Morgan fingerprint density at radius 1 is 1.08 bits per heavy atom. The van der Waals surface area contributed by atoms with Gasteiger partial charge in [-0.15, -0.1) is 11.7 Å². The molecule has 3 rings (SSSR count). The number of azo groups is 1. The van der Waals surface area contributed by atoms with E-state index in [1.54, 1.807) is 0 Å². The molecule has 0 radical (unpaired) electrons. The lowest BCUT2D eigenvalue weighted by Gasteiger charge is -1.99. The minimum Gasteiger partial charge on any atom is -0.293 e. The van der Waals surface area contributed by atoms with E-state index in [0.29, 0.717) is 17.1 Å². The molecule has 0 saturated carbocycles. The highest BCUT2D eigenvalue weighted by Gasteiger charge is 2.11. The highest BCUT2D eigenvalue weighted by Crippen LogP contribution is 2.19. The van der Waals surface area contributed by atoms with Gasteiger partial charge in [0.15, 0.2) is 5.69 Å². The molecule has 1 aromatic heterocycles. The number of aryl methyl sites for hydroxylation is 1. The van der Waals surface area contributed by atoms with Crippen LogP contribution in [-0.2, 0) is 6.42 Å². The number of nitrogens with zero attached hydrogens (tertiary/aromatic N) is 3. The van der Waals surface area contributed by atoms with E-state index in [2.05, 4.69) is 21.9 Å². The summed E-state index contributed by atoms with van der Waals surface area (Å²) < 4.78 is 1.47. The molecule has 120 valence electrons. The number of para-hydroxylation sites is 1. The molecule has 1 N–H and O–H groups in total. The van der Waals surface area contributed by atoms with Crippen molar-refractivity contribution in [3.05, 3.63) is 88.9 Å². The summed E-state index contributed by atoms with van der Waals surface area (Å²) in [6.45, 7) is 5.53. The molecule has 0 bridgehead atoms. The van der Waals surface area contributed by atoms with E-state index >= 15 is 0 Å². The van der Waals surface area contributed by atoms with E-state index in [1.165, 1.54) is 4.68 Å². The molecule has 2 aromatic carbocycles. The average Bonchev–Trinajstić information content (AvgIpc) is 2.90. The van der Waals surface area contributed by atoms with Crippen LogP contribution in [0.3, 0.4) is 0 Å². The summed E-state index contributed by atoms with van der Waals surface area (Å²) in [7, 11) is 0. The predicted octanol–water partition coefficient (Wildman–Crippen LogP) is 4.62. The summed E-state index contributed by atoms with van der Waals surface area (Å²) in [6, 6.07) is 17.1. The standard InChI is InChI=1S/C19H18N4O/c1-3-7-15-10-12-16(13-11-15)20-21-18-14(2)22-23(19(18)24)17-8-5-4-6-9-17/h3-6,8-13,22H,1,7H2,2H3. The Kier molecular flexibility index (Phi) is 4.52. The van der Waals surface area contributed by atoms with Gasteiger partial charge in [0.25, 0.3) is 5.56 Å². The van der Waals surface area contributed by atoms with Crippen molar-refractivity contribution in [1.29, 1.82) is 0 Å². The van der Waals surface area contributed by atoms with Crippen molar-refractivity contribution in [2.24, 2.45) is 10.2 Å². The lowest BCUT2D eigenvalue weighted by Crippen LogP contribution is -2.13. The van der Waals surface area contributed by atoms with Crippen LogP contribution in [0.1, 0.15) is 11.3 Å². The van der Waals surface area contributed by atoms with Gasteiger partial charge in [0.05, 0.1) is 17.1 Å². The highest BCUT2D eigenvalue weighted by atomic mass is 16.1. The number of allylic oxidation sites excluding steroid dienone is 1. The van der Waals surface area contributed by atoms with Crippen LogP contribution in [0.2, 0.25) is 0 Å². The molecule has 0 atom stereocenters. The largest absolute Gasteiger partial charge is 0.299 e. The van der Waals surface area contributed by atoms with Gasteiger partial charge >= 0.3 is 0 Å². The zero-order valence-corrected chi connectivity index (χ0v) is 13.4. The first kappa shape index (κ1) is 15.7. The molecule has 5 nitrogen and oxygen atoms in total. The van der Waals surface area contributed by atoms with E-state index in [1.807, 2.05) is 67.6 Å². The van der Waals surface area contributed by atoms with Gasteiger partial charge in [-0.1, -0.05) is 36.4 Å². The fourth-order valence-corrected chi connectivity index (χ4v) is 2.39. The fourth-order valence-electron chi connectivity index (χ4n) is 2.39. The molecular formula is C19H18N4O. The molecule has 0 aliphatic rings. The zero-order chi connectivity index (χ0) is 16.9. The average molecular weight is 318 g/mol. The second-order valence-electron chi connectivity index (χ2n) is 5.42. The van der Waals surface area contributed by atoms with Crippen molar-refractivity contribution >= 4 is 11.4 Å².